The highest BCUT2D eigenvalue weighted by atomic mass is 19.4. The fraction of sp³-hybridized carbons (Fsp3) is 0.529. The average molecular weight is 409 g/mol. The molecular weight excluding hydrogens is 389 g/mol. The van der Waals surface area contributed by atoms with Crippen LogP contribution in [0.1, 0.15) is 12.0 Å². The Morgan fingerprint density at radius 3 is 2.39 bits per heavy atom. The topological polar surface area (TPSA) is 72.9 Å². The summed E-state index contributed by atoms with van der Waals surface area (Å²) in [7, 11) is 0. The number of benzene rings is 1. The van der Waals surface area contributed by atoms with Crippen LogP contribution in [-0.2, 0) is 16.1 Å². The zero-order valence-electron chi connectivity index (χ0n) is 14.7. The maximum atomic E-state index is 12.8. The summed E-state index contributed by atoms with van der Waals surface area (Å²) in [6, 6.07) is 9.70. The second kappa shape index (κ2) is 9.28. The van der Waals surface area contributed by atoms with Gasteiger partial charge in [-0.3, -0.25) is 9.80 Å². The lowest BCUT2D eigenvalue weighted by Crippen LogP contribution is -2.46. The van der Waals surface area contributed by atoms with E-state index in [9.17, 15) is 26.7 Å². The van der Waals surface area contributed by atoms with Gasteiger partial charge in [0, 0.05) is 19.1 Å². The van der Waals surface area contributed by atoms with Gasteiger partial charge < -0.3 is 10.4 Å². The predicted octanol–water partition coefficient (Wildman–Crippen LogP) is 2.12. The minimum Gasteiger partial charge on any atom is -0.475 e. The average Bonchev–Trinajstić information content (AvgIpc) is 2.88. The van der Waals surface area contributed by atoms with Crippen LogP contribution in [0, 0.1) is 5.92 Å². The number of rotatable bonds is 4. The first-order valence-electron chi connectivity index (χ1n) is 8.52. The van der Waals surface area contributed by atoms with Crippen LogP contribution < -0.4 is 5.32 Å². The van der Waals surface area contributed by atoms with Crippen LogP contribution in [0.3, 0.4) is 0 Å². The van der Waals surface area contributed by atoms with E-state index in [2.05, 4.69) is 5.32 Å². The van der Waals surface area contributed by atoms with Gasteiger partial charge in [0.05, 0.1) is 12.5 Å². The van der Waals surface area contributed by atoms with Crippen LogP contribution in [0.5, 0.6) is 0 Å². The van der Waals surface area contributed by atoms with Crippen LogP contribution in [-0.4, -0.2) is 65.3 Å². The molecule has 3 rings (SSSR count). The summed E-state index contributed by atoms with van der Waals surface area (Å²) in [5.74, 6) is -3.14. The summed E-state index contributed by atoms with van der Waals surface area (Å²) in [5, 5.41) is 13.4. The van der Waals surface area contributed by atoms with Gasteiger partial charge in [-0.2, -0.15) is 13.2 Å². The van der Waals surface area contributed by atoms with Gasteiger partial charge in [-0.15, -0.1) is 0 Å². The predicted molar refractivity (Wildman–Crippen MR) is 88.2 cm³/mol. The molecule has 0 saturated carbocycles. The summed E-state index contributed by atoms with van der Waals surface area (Å²) in [4.78, 5) is 21.3. The van der Waals surface area contributed by atoms with Gasteiger partial charge in [0.25, 0.3) is 6.43 Å². The van der Waals surface area contributed by atoms with Crippen LogP contribution in [0.15, 0.2) is 30.3 Å². The number of nitrogens with one attached hydrogen (secondary N) is 1. The molecule has 1 aromatic carbocycles. The Balaban J connectivity index is 0.000000345. The van der Waals surface area contributed by atoms with Crippen LogP contribution in [0.2, 0.25) is 0 Å². The maximum absolute atomic E-state index is 12.8. The van der Waals surface area contributed by atoms with Crippen molar-refractivity contribution in [2.45, 2.75) is 31.6 Å². The molecule has 0 spiro atoms. The molecule has 2 aliphatic heterocycles. The number of aliphatic carboxylic acids is 1. The Bertz CT molecular complexity index is 672. The number of hydrogen-bond donors (Lipinski definition) is 2. The molecule has 0 radical (unpaired) electrons. The zero-order valence-corrected chi connectivity index (χ0v) is 14.7. The number of carbonyl (C=O) groups excluding carboxylic acids is 1. The Morgan fingerprint density at radius 1 is 1.25 bits per heavy atom. The highest BCUT2D eigenvalue weighted by molar-refractivity contribution is 5.81. The van der Waals surface area contributed by atoms with Gasteiger partial charge in [0.2, 0.25) is 5.91 Å². The molecule has 2 atom stereocenters. The fourth-order valence-electron chi connectivity index (χ4n) is 3.25. The SMILES string of the molecule is O=C(O)C(F)(F)F.O=C1C2CNCCC2N(Cc2ccccc2)N1CC(F)F. The van der Waals surface area contributed by atoms with Crippen LogP contribution >= 0.6 is 0 Å². The molecule has 1 aromatic rings. The van der Waals surface area contributed by atoms with E-state index in [1.54, 1.807) is 0 Å². The molecule has 2 saturated heterocycles. The van der Waals surface area contributed by atoms with Gasteiger partial charge in [-0.1, -0.05) is 30.3 Å². The molecule has 156 valence electrons. The van der Waals surface area contributed by atoms with E-state index in [-0.39, 0.29) is 17.9 Å². The molecule has 2 unspecified atom stereocenters. The molecule has 28 heavy (non-hydrogen) atoms. The molecule has 6 nitrogen and oxygen atoms in total. The van der Waals surface area contributed by atoms with Crippen molar-refractivity contribution in [1.82, 2.24) is 15.3 Å². The highest BCUT2D eigenvalue weighted by Crippen LogP contribution is 2.31. The third-order valence-electron chi connectivity index (χ3n) is 4.45. The second-order valence-corrected chi connectivity index (χ2v) is 6.36. The molecular formula is C17H20F5N3O3. The number of carboxylic acid groups (broad SMARTS) is 1. The molecule has 2 heterocycles. The summed E-state index contributed by atoms with van der Waals surface area (Å²) in [5.41, 5.74) is 1.03. The number of hydrazine groups is 1. The standard InChI is InChI=1S/C15H19F2N3O.C2HF3O2/c16-14(17)10-20-15(21)12-8-18-7-6-13(12)19(20)9-11-4-2-1-3-5-11;3-2(4,5)1(6)7/h1-5,12-14,18H,6-10H2;(H,6,7). The largest absolute Gasteiger partial charge is 0.490 e. The number of carbonyl (C=O) groups is 2. The molecule has 1 amide bonds. The van der Waals surface area contributed by atoms with Crippen molar-refractivity contribution in [2.24, 2.45) is 5.92 Å². The summed E-state index contributed by atoms with van der Waals surface area (Å²) >= 11 is 0. The van der Waals surface area contributed by atoms with E-state index in [4.69, 9.17) is 9.90 Å². The van der Waals surface area contributed by atoms with Crippen molar-refractivity contribution in [1.29, 1.82) is 0 Å². The third-order valence-corrected chi connectivity index (χ3v) is 4.45. The molecule has 2 fully saturated rings. The first-order valence-corrected chi connectivity index (χ1v) is 8.52. The quantitative estimate of drug-likeness (QED) is 0.746. The van der Waals surface area contributed by atoms with E-state index in [0.717, 1.165) is 18.5 Å². The number of piperidine rings is 1. The lowest BCUT2D eigenvalue weighted by molar-refractivity contribution is -0.192. The summed E-state index contributed by atoms with van der Waals surface area (Å²) in [6.07, 6.45) is -6.79. The van der Waals surface area contributed by atoms with Crippen molar-refractivity contribution in [3.8, 4) is 0 Å². The van der Waals surface area contributed by atoms with Crippen molar-refractivity contribution >= 4 is 11.9 Å². The van der Waals surface area contributed by atoms with Crippen molar-refractivity contribution < 1.29 is 36.6 Å². The molecule has 0 aromatic heterocycles. The number of alkyl halides is 5. The van der Waals surface area contributed by atoms with E-state index in [0.29, 0.717) is 13.1 Å². The fourth-order valence-corrected chi connectivity index (χ4v) is 3.25. The van der Waals surface area contributed by atoms with Crippen molar-refractivity contribution in [3.05, 3.63) is 35.9 Å². The Kier molecular flexibility index (Phi) is 7.30. The monoisotopic (exact) mass is 409 g/mol. The third kappa shape index (κ3) is 5.61. The number of fused-ring (bicyclic) bond motifs is 1. The van der Waals surface area contributed by atoms with Gasteiger partial charge in [0.15, 0.2) is 0 Å². The first-order chi connectivity index (χ1) is 13.1. The lowest BCUT2D eigenvalue weighted by Gasteiger charge is -2.33. The minimum absolute atomic E-state index is 0.0257. The molecule has 0 bridgehead atoms. The zero-order chi connectivity index (χ0) is 20.9. The van der Waals surface area contributed by atoms with Gasteiger partial charge in [-0.05, 0) is 18.5 Å². The van der Waals surface area contributed by atoms with Crippen LogP contribution in [0.4, 0.5) is 22.0 Å². The number of carboxylic acids is 1. The summed E-state index contributed by atoms with van der Waals surface area (Å²) < 4.78 is 57.4. The second-order valence-electron chi connectivity index (χ2n) is 6.36. The van der Waals surface area contributed by atoms with Gasteiger partial charge >= 0.3 is 12.1 Å². The molecule has 2 aliphatic rings. The smallest absolute Gasteiger partial charge is 0.475 e. The first kappa shape index (κ1) is 22.0. The number of amides is 1. The van der Waals surface area contributed by atoms with E-state index in [1.807, 2.05) is 35.3 Å². The molecule has 0 aliphatic carbocycles. The van der Waals surface area contributed by atoms with E-state index in [1.165, 1.54) is 5.01 Å². The normalized spacial score (nSPS) is 22.6. The van der Waals surface area contributed by atoms with Gasteiger partial charge in [0.1, 0.15) is 0 Å². The van der Waals surface area contributed by atoms with Crippen molar-refractivity contribution in [2.75, 3.05) is 19.6 Å². The van der Waals surface area contributed by atoms with E-state index >= 15 is 0 Å². The summed E-state index contributed by atoms with van der Waals surface area (Å²) in [6.45, 7) is 1.38. The number of hydrogen-bond acceptors (Lipinski definition) is 4. The van der Waals surface area contributed by atoms with Crippen LogP contribution in [0.25, 0.3) is 0 Å². The molecule has 2 N–H and O–H groups in total. The number of nitrogens with zero attached hydrogens (tertiary/aromatic N) is 2. The van der Waals surface area contributed by atoms with E-state index < -0.39 is 25.1 Å². The Morgan fingerprint density at radius 2 is 1.86 bits per heavy atom. The van der Waals surface area contributed by atoms with Crippen molar-refractivity contribution in [3.63, 3.8) is 0 Å². The lowest BCUT2D eigenvalue weighted by atomic mass is 9.94. The van der Waals surface area contributed by atoms with Gasteiger partial charge in [-0.25, -0.2) is 18.6 Å². The highest BCUT2D eigenvalue weighted by Gasteiger charge is 2.47. The maximum Gasteiger partial charge on any atom is 0.490 e. The number of halogens is 5. The molecule has 11 heteroatoms. The minimum atomic E-state index is -5.08. The Hall–Kier alpha value is -2.27. The Labute approximate surface area is 157 Å².